The second-order valence-electron chi connectivity index (χ2n) is 4.52. The summed E-state index contributed by atoms with van der Waals surface area (Å²) in [6.07, 6.45) is 0.847. The third-order valence-electron chi connectivity index (χ3n) is 3.22. The maximum Gasteiger partial charge on any atom is 0.0511 e. The molecule has 19 heavy (non-hydrogen) atoms. The van der Waals surface area contributed by atoms with Crippen molar-refractivity contribution >= 4 is 34.2 Å². The van der Waals surface area contributed by atoms with Crippen LogP contribution in [-0.4, -0.2) is 0 Å². The molecule has 0 aliphatic carbocycles. The molecular weight excluding hydrogens is 371 g/mol. The second kappa shape index (κ2) is 6.70. The summed E-state index contributed by atoms with van der Waals surface area (Å²) in [5.41, 5.74) is 6.61. The first-order valence-electron chi connectivity index (χ1n) is 6.07. The molecule has 0 bridgehead atoms. The zero-order chi connectivity index (χ0) is 13.8. The zero-order valence-corrected chi connectivity index (χ0v) is 13.6. The molecule has 0 heterocycles. The van der Waals surface area contributed by atoms with Crippen LogP contribution in [0.15, 0.2) is 42.5 Å². The van der Waals surface area contributed by atoms with Crippen molar-refractivity contribution in [2.75, 3.05) is 0 Å². The molecule has 2 aromatic carbocycles. The number of nitrogens with one attached hydrogen (secondary N) is 1. The lowest BCUT2D eigenvalue weighted by Crippen LogP contribution is -2.30. The van der Waals surface area contributed by atoms with Crippen LogP contribution < -0.4 is 11.3 Å². The lowest BCUT2D eigenvalue weighted by Gasteiger charge is -2.19. The maximum atomic E-state index is 6.08. The Morgan fingerprint density at radius 2 is 2.00 bits per heavy atom. The number of nitrogens with two attached hydrogens (primary N) is 1. The number of halogens is 2. The van der Waals surface area contributed by atoms with E-state index in [0.717, 1.165) is 17.0 Å². The highest BCUT2D eigenvalue weighted by atomic mass is 127. The van der Waals surface area contributed by atoms with E-state index < -0.39 is 0 Å². The Morgan fingerprint density at radius 1 is 1.26 bits per heavy atom. The van der Waals surface area contributed by atoms with Crippen molar-refractivity contribution < 1.29 is 0 Å². The predicted octanol–water partition coefficient (Wildman–Crippen LogP) is 4.00. The average Bonchev–Trinajstić information content (AvgIpc) is 2.41. The summed E-state index contributed by atoms with van der Waals surface area (Å²) in [5, 5.41) is 0.737. The van der Waals surface area contributed by atoms with Crippen LogP contribution in [0, 0.1) is 10.5 Å². The number of hydrogen-bond acceptors (Lipinski definition) is 2. The van der Waals surface area contributed by atoms with Crippen molar-refractivity contribution in [1.29, 1.82) is 0 Å². The Hall–Kier alpha value is -0.620. The number of benzene rings is 2. The smallest absolute Gasteiger partial charge is 0.0511 e. The van der Waals surface area contributed by atoms with E-state index in [0.29, 0.717) is 0 Å². The summed E-state index contributed by atoms with van der Waals surface area (Å²) in [5.74, 6) is 5.73. The second-order valence-corrected chi connectivity index (χ2v) is 6.11. The summed E-state index contributed by atoms with van der Waals surface area (Å²) in [6, 6.07) is 14.3. The van der Waals surface area contributed by atoms with Gasteiger partial charge in [0.1, 0.15) is 0 Å². The topological polar surface area (TPSA) is 38.0 Å². The molecular formula is C15H16ClIN2. The number of hydrazine groups is 1. The molecule has 0 aliphatic rings. The molecule has 1 atom stereocenters. The van der Waals surface area contributed by atoms with Gasteiger partial charge in [0.15, 0.2) is 0 Å². The normalized spacial score (nSPS) is 12.4. The summed E-state index contributed by atoms with van der Waals surface area (Å²) < 4.78 is 1.17. The van der Waals surface area contributed by atoms with Crippen molar-refractivity contribution in [3.8, 4) is 0 Å². The van der Waals surface area contributed by atoms with Crippen LogP contribution in [0.5, 0.6) is 0 Å². The molecule has 0 saturated heterocycles. The highest BCUT2D eigenvalue weighted by Crippen LogP contribution is 2.26. The molecule has 0 aromatic heterocycles. The fourth-order valence-corrected chi connectivity index (χ4v) is 2.99. The highest BCUT2D eigenvalue weighted by Gasteiger charge is 2.15. The largest absolute Gasteiger partial charge is 0.271 e. The molecule has 2 nitrogen and oxygen atoms in total. The average molecular weight is 387 g/mol. The fraction of sp³-hybridized carbons (Fsp3) is 0.200. The summed E-state index contributed by atoms with van der Waals surface area (Å²) in [6.45, 7) is 2.12. The summed E-state index contributed by atoms with van der Waals surface area (Å²) in [4.78, 5) is 0. The standard InChI is InChI=1S/C15H16ClIN2/c1-10-4-2-3-5-11(10)8-15(19-18)13-9-12(16)6-7-14(13)17/h2-7,9,15,19H,8,18H2,1H3. The van der Waals surface area contributed by atoms with Crippen LogP contribution in [0.25, 0.3) is 0 Å². The SMILES string of the molecule is Cc1ccccc1CC(NN)c1cc(Cl)ccc1I. The number of aryl methyl sites for hydroxylation is 1. The van der Waals surface area contributed by atoms with Gasteiger partial charge in [-0.05, 0) is 70.8 Å². The van der Waals surface area contributed by atoms with Gasteiger partial charge in [-0.2, -0.15) is 0 Å². The van der Waals surface area contributed by atoms with Gasteiger partial charge in [0.2, 0.25) is 0 Å². The van der Waals surface area contributed by atoms with Gasteiger partial charge < -0.3 is 0 Å². The fourth-order valence-electron chi connectivity index (χ4n) is 2.10. The van der Waals surface area contributed by atoms with Gasteiger partial charge in [0.25, 0.3) is 0 Å². The van der Waals surface area contributed by atoms with Crippen LogP contribution in [-0.2, 0) is 6.42 Å². The molecule has 0 saturated carbocycles. The van der Waals surface area contributed by atoms with Crippen molar-refractivity contribution in [2.45, 2.75) is 19.4 Å². The molecule has 1 unspecified atom stereocenters. The highest BCUT2D eigenvalue weighted by molar-refractivity contribution is 14.1. The predicted molar refractivity (Wildman–Crippen MR) is 89.1 cm³/mol. The van der Waals surface area contributed by atoms with Gasteiger partial charge in [-0.15, -0.1) is 0 Å². The van der Waals surface area contributed by atoms with E-state index in [2.05, 4.69) is 53.1 Å². The molecule has 0 aliphatic heterocycles. The van der Waals surface area contributed by atoms with E-state index in [1.165, 1.54) is 14.7 Å². The van der Waals surface area contributed by atoms with Gasteiger partial charge >= 0.3 is 0 Å². The van der Waals surface area contributed by atoms with Gasteiger partial charge in [-0.1, -0.05) is 35.9 Å². The molecule has 2 aromatic rings. The van der Waals surface area contributed by atoms with Crippen molar-refractivity contribution in [1.82, 2.24) is 5.43 Å². The van der Waals surface area contributed by atoms with Gasteiger partial charge in [-0.25, -0.2) is 0 Å². The maximum absolute atomic E-state index is 6.08. The Balaban J connectivity index is 2.30. The van der Waals surface area contributed by atoms with Crippen molar-refractivity contribution in [3.63, 3.8) is 0 Å². The summed E-state index contributed by atoms with van der Waals surface area (Å²) >= 11 is 8.39. The molecule has 2 rings (SSSR count). The van der Waals surface area contributed by atoms with Crippen molar-refractivity contribution in [3.05, 3.63) is 67.7 Å². The van der Waals surface area contributed by atoms with E-state index in [-0.39, 0.29) is 6.04 Å². The van der Waals surface area contributed by atoms with E-state index >= 15 is 0 Å². The van der Waals surface area contributed by atoms with Crippen LogP contribution in [0.3, 0.4) is 0 Å². The van der Waals surface area contributed by atoms with E-state index in [1.807, 2.05) is 24.3 Å². The first-order valence-corrected chi connectivity index (χ1v) is 7.53. The minimum absolute atomic E-state index is 0.0618. The van der Waals surface area contributed by atoms with Crippen LogP contribution in [0.2, 0.25) is 5.02 Å². The van der Waals surface area contributed by atoms with Crippen molar-refractivity contribution in [2.24, 2.45) is 5.84 Å². The zero-order valence-electron chi connectivity index (χ0n) is 10.7. The van der Waals surface area contributed by atoms with Crippen LogP contribution in [0.4, 0.5) is 0 Å². The Kier molecular flexibility index (Phi) is 5.21. The quantitative estimate of drug-likeness (QED) is 0.473. The Labute approximate surface area is 132 Å². The van der Waals surface area contributed by atoms with Gasteiger partial charge in [-0.3, -0.25) is 11.3 Å². The summed E-state index contributed by atoms with van der Waals surface area (Å²) in [7, 11) is 0. The van der Waals surface area contributed by atoms with Crippen LogP contribution >= 0.6 is 34.2 Å². The molecule has 0 fully saturated rings. The van der Waals surface area contributed by atoms with Gasteiger partial charge in [0.05, 0.1) is 6.04 Å². The van der Waals surface area contributed by atoms with E-state index in [1.54, 1.807) is 0 Å². The first kappa shape index (κ1) is 14.8. The van der Waals surface area contributed by atoms with E-state index in [4.69, 9.17) is 17.4 Å². The molecule has 0 spiro atoms. The third-order valence-corrected chi connectivity index (χ3v) is 4.44. The lowest BCUT2D eigenvalue weighted by molar-refractivity contribution is 0.548. The Bertz CT molecular complexity index is 572. The number of hydrogen-bond donors (Lipinski definition) is 2. The van der Waals surface area contributed by atoms with Crippen LogP contribution in [0.1, 0.15) is 22.7 Å². The molecule has 0 radical (unpaired) electrons. The van der Waals surface area contributed by atoms with Gasteiger partial charge in [0, 0.05) is 8.59 Å². The molecule has 3 N–H and O–H groups in total. The minimum Gasteiger partial charge on any atom is -0.271 e. The molecule has 100 valence electrons. The molecule has 4 heteroatoms. The molecule has 0 amide bonds. The van der Waals surface area contributed by atoms with E-state index in [9.17, 15) is 0 Å². The lowest BCUT2D eigenvalue weighted by atomic mass is 9.96. The first-order chi connectivity index (χ1) is 9.11. The monoisotopic (exact) mass is 386 g/mol. The number of rotatable bonds is 4. The minimum atomic E-state index is 0.0618. The third kappa shape index (κ3) is 3.69. The Morgan fingerprint density at radius 3 is 2.68 bits per heavy atom.